The van der Waals surface area contributed by atoms with Gasteiger partial charge in [0.1, 0.15) is 0 Å². The number of ether oxygens (including phenoxy) is 4. The van der Waals surface area contributed by atoms with Crippen LogP contribution < -0.4 is 19.6 Å². The summed E-state index contributed by atoms with van der Waals surface area (Å²) < 4.78 is 20.1. The predicted octanol–water partition coefficient (Wildman–Crippen LogP) is 27.7. The zero-order valence-corrected chi connectivity index (χ0v) is 66.3. The van der Waals surface area contributed by atoms with Crippen molar-refractivity contribution in [3.05, 3.63) is 435 Å². The van der Waals surface area contributed by atoms with Gasteiger partial charge in [0, 0.05) is 67.9 Å². The van der Waals surface area contributed by atoms with Gasteiger partial charge in [-0.05, 0) is 270 Å². The Kier molecular flexibility index (Phi) is 22.1. The second-order valence-electron chi connectivity index (χ2n) is 28.7. The Morgan fingerprint density at radius 2 is 0.400 bits per heavy atom. The molecule has 0 unspecified atom stereocenters. The van der Waals surface area contributed by atoms with Crippen molar-refractivity contribution in [1.29, 1.82) is 0 Å². The number of benzene rings is 18. The van der Waals surface area contributed by atoms with Gasteiger partial charge in [0.05, 0.1) is 56.4 Å². The van der Waals surface area contributed by atoms with Crippen LogP contribution in [0.2, 0.25) is 0 Å². The Morgan fingerprint density at radius 3 is 0.708 bits per heavy atom. The molecule has 0 aliphatic carbocycles. The number of nitrogens with zero attached hydrogens (tertiary/aromatic N) is 4. The number of anilines is 12. The van der Waals surface area contributed by atoms with Crippen LogP contribution in [0.1, 0.15) is 41.4 Å². The van der Waals surface area contributed by atoms with Crippen molar-refractivity contribution in [1.82, 2.24) is 0 Å². The Morgan fingerprint density at radius 1 is 0.183 bits per heavy atom. The lowest BCUT2D eigenvalue weighted by atomic mass is 9.84. The second kappa shape index (κ2) is 34.6. The number of hydrogen-bond acceptors (Lipinski definition) is 12. The zero-order chi connectivity index (χ0) is 82.0. The minimum absolute atomic E-state index is 0.381. The maximum absolute atomic E-state index is 12.6. The van der Waals surface area contributed by atoms with Gasteiger partial charge in [0.25, 0.3) is 0 Å². The van der Waals surface area contributed by atoms with Crippen LogP contribution in [-0.4, -0.2) is 52.3 Å². The molecule has 0 saturated heterocycles. The minimum atomic E-state index is -0.389. The van der Waals surface area contributed by atoms with Gasteiger partial charge in [0.15, 0.2) is 0 Å². The smallest absolute Gasteiger partial charge is 0.337 e. The van der Waals surface area contributed by atoms with Crippen LogP contribution in [-0.2, 0) is 18.9 Å². The van der Waals surface area contributed by atoms with E-state index in [1.807, 2.05) is 133 Å². The zero-order valence-electron chi connectivity index (χ0n) is 66.3. The normalized spacial score (nSPS) is 11.0. The molecule has 0 aliphatic heterocycles. The molecule has 0 bridgehead atoms. The lowest BCUT2D eigenvalue weighted by Crippen LogP contribution is -2.12. The van der Waals surface area contributed by atoms with Gasteiger partial charge < -0.3 is 38.5 Å². The molecule has 0 saturated carbocycles. The van der Waals surface area contributed by atoms with E-state index in [-0.39, 0.29) is 23.9 Å². The first-order valence-electron chi connectivity index (χ1n) is 39.5. The average Bonchev–Trinajstić information content (AvgIpc) is 0.722. The molecule has 0 amide bonds. The minimum Gasteiger partial charge on any atom is -0.465 e. The van der Waals surface area contributed by atoms with Crippen LogP contribution in [0, 0.1) is 0 Å². The highest BCUT2D eigenvalue weighted by Gasteiger charge is 2.27. The number of carbonyl (C=O) groups is 4. The van der Waals surface area contributed by atoms with Crippen molar-refractivity contribution < 1.29 is 38.1 Å². The van der Waals surface area contributed by atoms with Gasteiger partial charge in [-0.2, -0.15) is 0 Å². The van der Waals surface area contributed by atoms with Crippen molar-refractivity contribution in [2.24, 2.45) is 0 Å². The van der Waals surface area contributed by atoms with Gasteiger partial charge in [-0.3, -0.25) is 0 Å². The summed E-state index contributed by atoms with van der Waals surface area (Å²) in [4.78, 5) is 59.1. The number of esters is 4. The molecule has 580 valence electrons. The maximum Gasteiger partial charge on any atom is 0.337 e. The van der Waals surface area contributed by atoms with Crippen LogP contribution in [0.3, 0.4) is 0 Å². The lowest BCUT2D eigenvalue weighted by molar-refractivity contribution is 0.0592. The number of para-hydroxylation sites is 6. The summed E-state index contributed by atoms with van der Waals surface area (Å²) in [6, 6.07) is 140. The van der Waals surface area contributed by atoms with E-state index < -0.39 is 0 Å². The molecule has 120 heavy (non-hydrogen) atoms. The monoisotopic (exact) mass is 1560 g/mol. The van der Waals surface area contributed by atoms with E-state index in [9.17, 15) is 19.2 Å². The molecule has 0 atom stereocenters. The van der Waals surface area contributed by atoms with Crippen LogP contribution in [0.5, 0.6) is 0 Å². The lowest BCUT2D eigenvalue weighted by Gasteiger charge is -2.30. The maximum atomic E-state index is 12.6. The van der Waals surface area contributed by atoms with E-state index in [0.717, 1.165) is 156 Å². The van der Waals surface area contributed by atoms with Gasteiger partial charge >= 0.3 is 23.9 Å². The quantitative estimate of drug-likeness (QED) is 0.0411. The summed E-state index contributed by atoms with van der Waals surface area (Å²) in [6.07, 6.45) is 0. The molecular weight excluding hydrogens is 1480 g/mol. The first-order chi connectivity index (χ1) is 59.1. The van der Waals surface area contributed by atoms with Crippen molar-refractivity contribution in [2.75, 3.05) is 48.0 Å². The number of methoxy groups -OCH3 is 4. The second-order valence-corrected chi connectivity index (χ2v) is 28.7. The summed E-state index contributed by atoms with van der Waals surface area (Å²) >= 11 is 0. The molecule has 0 heterocycles. The van der Waals surface area contributed by atoms with Gasteiger partial charge in [-0.25, -0.2) is 19.2 Å². The molecule has 0 aliphatic rings. The summed E-state index contributed by atoms with van der Waals surface area (Å²) in [6.45, 7) is 0. The number of fused-ring (bicyclic) bond motifs is 4. The third kappa shape index (κ3) is 15.3. The largest absolute Gasteiger partial charge is 0.465 e. The molecule has 18 aromatic carbocycles. The molecule has 0 fully saturated rings. The van der Waals surface area contributed by atoms with E-state index in [1.54, 1.807) is 0 Å². The Bertz CT molecular complexity index is 6570. The van der Waals surface area contributed by atoms with Gasteiger partial charge in [-0.15, -0.1) is 0 Å². The Hall–Kier alpha value is -15.9. The van der Waals surface area contributed by atoms with Crippen LogP contribution in [0.4, 0.5) is 68.2 Å². The average molecular weight is 1560 g/mol. The molecule has 0 aromatic heterocycles. The van der Waals surface area contributed by atoms with Crippen molar-refractivity contribution in [3.8, 4) is 44.5 Å². The predicted molar refractivity (Wildman–Crippen MR) is 489 cm³/mol. The van der Waals surface area contributed by atoms with Crippen molar-refractivity contribution in [3.63, 3.8) is 0 Å². The fourth-order valence-electron chi connectivity index (χ4n) is 16.2. The molecule has 0 radical (unpaired) electrons. The summed E-state index contributed by atoms with van der Waals surface area (Å²) in [5.41, 5.74) is 22.2. The molecule has 12 heteroatoms. The molecule has 0 N–H and O–H groups in total. The molecule has 12 nitrogen and oxygen atoms in total. The highest BCUT2D eigenvalue weighted by molar-refractivity contribution is 6.26. The van der Waals surface area contributed by atoms with E-state index >= 15 is 0 Å². The summed E-state index contributed by atoms with van der Waals surface area (Å²) in [5, 5.41) is 8.33. The van der Waals surface area contributed by atoms with Crippen molar-refractivity contribution in [2.45, 2.75) is 0 Å². The third-order valence-corrected chi connectivity index (χ3v) is 21.7. The molecule has 18 rings (SSSR count). The highest BCUT2D eigenvalue weighted by Crippen LogP contribution is 2.52. The van der Waals surface area contributed by atoms with E-state index in [4.69, 9.17) is 18.9 Å². The molecule has 18 aromatic rings. The van der Waals surface area contributed by atoms with Gasteiger partial charge in [-0.1, -0.05) is 224 Å². The number of carbonyl (C=O) groups excluding carboxylic acids is 4. The highest BCUT2D eigenvalue weighted by atomic mass is 16.5. The Labute approximate surface area is 696 Å². The van der Waals surface area contributed by atoms with E-state index in [2.05, 4.69) is 299 Å². The Balaban J connectivity index is 0.000000171. The van der Waals surface area contributed by atoms with Crippen LogP contribution in [0.25, 0.3) is 87.6 Å². The summed E-state index contributed by atoms with van der Waals surface area (Å²) in [7, 11) is 5.57. The summed E-state index contributed by atoms with van der Waals surface area (Å²) in [5.74, 6) is -1.54. The van der Waals surface area contributed by atoms with E-state index in [1.165, 1.54) is 28.4 Å². The van der Waals surface area contributed by atoms with Crippen LogP contribution in [0.15, 0.2) is 413 Å². The third-order valence-electron chi connectivity index (χ3n) is 21.7. The standard InChI is InChI=1S/2C54H40N2O4/c1-59-53(57)39-29-25-37(26-30-39)50-46-21-12-13-22-47(46)51(38-27-31-40(32-28-38)54(58)60-2)52-48(50)23-14-24-49(52)56(43-19-10-5-11-20-43)45-35-33-44(34-36-45)55(41-15-6-3-7-16-41)42-17-8-4-9-18-42;1-59-53(57)39-26-22-37(23-27-39)51-47-20-12-13-21-48(47)52(38-24-28-40(29-25-38)54(58)60-2)50-36-46(34-35-49(50)51)56(43-18-10-5-11-19-43)45-32-30-44(31-33-45)55(41-14-6-3-7-15-41)42-16-8-4-9-17-42/h2*3-36H,1-2H3. The molecular formula is C108H80N4O8. The number of rotatable bonds is 20. The van der Waals surface area contributed by atoms with Crippen LogP contribution >= 0.6 is 0 Å². The first kappa shape index (κ1) is 76.7. The fourth-order valence-corrected chi connectivity index (χ4v) is 16.2. The van der Waals surface area contributed by atoms with Gasteiger partial charge in [0.2, 0.25) is 0 Å². The topological polar surface area (TPSA) is 118 Å². The molecule has 0 spiro atoms. The van der Waals surface area contributed by atoms with E-state index in [0.29, 0.717) is 22.3 Å². The SMILES string of the molecule is COC(=O)c1ccc(-c2c3ccccc3c(-c3ccc(C(=O)OC)cc3)c3c(N(c4ccccc4)c4ccc(N(c5ccccc5)c5ccccc5)cc4)cccc23)cc1.COC(=O)c1ccc(-c2c3ccccc3c(-c3ccc(C(=O)OC)cc3)c3cc(N(c4ccccc4)c4ccc(N(c5ccccc5)c5ccccc5)cc4)ccc23)cc1. The number of hydrogen-bond donors (Lipinski definition) is 0. The first-order valence-corrected chi connectivity index (χ1v) is 39.5. The van der Waals surface area contributed by atoms with Crippen molar-refractivity contribution >= 4 is 135 Å². The fraction of sp³-hybridized carbons (Fsp3) is 0.0370.